The van der Waals surface area contributed by atoms with Crippen molar-refractivity contribution >= 4 is 26.8 Å². The van der Waals surface area contributed by atoms with E-state index in [4.69, 9.17) is 5.11 Å². The number of aliphatic hydroxyl groups excluding tert-OH is 2. The van der Waals surface area contributed by atoms with Crippen LogP contribution < -0.4 is 10.0 Å². The van der Waals surface area contributed by atoms with Crippen molar-refractivity contribution < 1.29 is 27.8 Å². The van der Waals surface area contributed by atoms with Crippen LogP contribution in [0.3, 0.4) is 0 Å². The van der Waals surface area contributed by atoms with Gasteiger partial charge in [-0.3, -0.25) is 4.79 Å². The smallest absolute Gasteiger partial charge is 0.271 e. The lowest BCUT2D eigenvalue weighted by molar-refractivity contribution is 0.0814. The summed E-state index contributed by atoms with van der Waals surface area (Å²) in [5.74, 6) is -1.03. The number of nitrogens with one attached hydrogen (secondary N) is 2. The highest BCUT2D eigenvalue weighted by Gasteiger charge is 2.23. The first kappa shape index (κ1) is 22.8. The number of carbonyl (C=O) groups is 1. The minimum atomic E-state index is -3.95. The van der Waals surface area contributed by atoms with Crippen LogP contribution in [-0.4, -0.2) is 53.5 Å². The molecule has 0 aliphatic heterocycles. The molecule has 0 aliphatic rings. The fraction of sp³-hybridized carbons (Fsp3) is 0.300. The Morgan fingerprint density at radius 2 is 2.00 bits per heavy atom. The van der Waals surface area contributed by atoms with Crippen LogP contribution in [0.15, 0.2) is 47.6 Å². The Hall–Kier alpha value is -2.86. The summed E-state index contributed by atoms with van der Waals surface area (Å²) in [7, 11) is -3.95. The van der Waals surface area contributed by atoms with Gasteiger partial charge in [0.15, 0.2) is 0 Å². The molecule has 0 bridgehead atoms. The van der Waals surface area contributed by atoms with Crippen molar-refractivity contribution in [3.05, 3.63) is 59.8 Å². The average Bonchev–Trinajstić information content (AvgIpc) is 3.08. The third-order valence-corrected chi connectivity index (χ3v) is 5.97. The summed E-state index contributed by atoms with van der Waals surface area (Å²) < 4.78 is 43.0. The predicted molar refractivity (Wildman–Crippen MR) is 111 cm³/mol. The Labute approximate surface area is 178 Å². The van der Waals surface area contributed by atoms with E-state index in [0.29, 0.717) is 5.52 Å². The Morgan fingerprint density at radius 3 is 2.65 bits per heavy atom. The van der Waals surface area contributed by atoms with E-state index >= 15 is 0 Å². The molecule has 166 valence electrons. The van der Waals surface area contributed by atoms with Gasteiger partial charge < -0.3 is 20.1 Å². The zero-order valence-electron chi connectivity index (χ0n) is 16.7. The fourth-order valence-corrected chi connectivity index (χ4v) is 4.33. The molecular weight excluding hydrogens is 427 g/mol. The number of sulfonamides is 1. The van der Waals surface area contributed by atoms with Crippen molar-refractivity contribution in [2.75, 3.05) is 13.2 Å². The Bertz CT molecular complexity index is 1180. The van der Waals surface area contributed by atoms with Crippen LogP contribution >= 0.6 is 0 Å². The number of aromatic nitrogens is 2. The van der Waals surface area contributed by atoms with E-state index in [1.54, 1.807) is 16.7 Å². The van der Waals surface area contributed by atoms with Crippen LogP contribution in [0.2, 0.25) is 0 Å². The van der Waals surface area contributed by atoms with Crippen LogP contribution in [0.1, 0.15) is 29.4 Å². The predicted octanol–water partition coefficient (Wildman–Crippen LogP) is 0.952. The van der Waals surface area contributed by atoms with Crippen molar-refractivity contribution in [1.29, 1.82) is 0 Å². The van der Waals surface area contributed by atoms with E-state index in [1.807, 2.05) is 0 Å². The van der Waals surface area contributed by atoms with Crippen LogP contribution in [0.5, 0.6) is 0 Å². The van der Waals surface area contributed by atoms with Gasteiger partial charge >= 0.3 is 0 Å². The fourth-order valence-electron chi connectivity index (χ4n) is 3.04. The van der Waals surface area contributed by atoms with Crippen molar-refractivity contribution in [3.63, 3.8) is 0 Å². The summed E-state index contributed by atoms with van der Waals surface area (Å²) in [6.07, 6.45) is 1.95. The minimum absolute atomic E-state index is 0.0456. The summed E-state index contributed by atoms with van der Waals surface area (Å²) >= 11 is 0. The van der Waals surface area contributed by atoms with Crippen molar-refractivity contribution in [2.45, 2.75) is 31.0 Å². The molecule has 0 spiro atoms. The Balaban J connectivity index is 2.08. The molecule has 0 saturated heterocycles. The molecule has 31 heavy (non-hydrogen) atoms. The second-order valence-corrected chi connectivity index (χ2v) is 8.69. The molecule has 3 aromatic rings. The van der Waals surface area contributed by atoms with Gasteiger partial charge in [-0.2, -0.15) is 0 Å². The second-order valence-electron chi connectivity index (χ2n) is 6.96. The molecule has 2 aromatic heterocycles. The van der Waals surface area contributed by atoms with Gasteiger partial charge in [0.25, 0.3) is 5.91 Å². The van der Waals surface area contributed by atoms with Gasteiger partial charge in [-0.25, -0.2) is 22.5 Å². The number of amides is 1. The monoisotopic (exact) mass is 450 g/mol. The first-order chi connectivity index (χ1) is 14.7. The van der Waals surface area contributed by atoms with Crippen molar-refractivity contribution in [3.8, 4) is 0 Å². The summed E-state index contributed by atoms with van der Waals surface area (Å²) in [6, 6.07) is 7.14. The first-order valence-electron chi connectivity index (χ1n) is 9.54. The van der Waals surface area contributed by atoms with Crippen LogP contribution in [-0.2, 0) is 16.6 Å². The standard InChI is InChI=1S/C20H23FN4O5S/c1-13(27)24-20(28)17-9-16-18(10-22-17)25(11-14-3-5-15(21)6-4-14)12-19(16)31(29,30)23-7-2-8-26/h3-6,9-10,12-13,23,26-27H,2,7-8,11H2,1H3,(H,24,28). The molecule has 1 amide bonds. The SMILES string of the molecule is CC(O)NC(=O)c1cc2c(S(=O)(=O)NCCCO)cn(Cc3ccc(F)cc3)c2cn1. The topological polar surface area (TPSA) is 134 Å². The first-order valence-corrected chi connectivity index (χ1v) is 11.0. The van der Waals surface area contributed by atoms with E-state index < -0.39 is 22.2 Å². The molecule has 0 radical (unpaired) electrons. The quantitative estimate of drug-likeness (QED) is 0.283. The lowest BCUT2D eigenvalue weighted by Crippen LogP contribution is -2.32. The number of halogens is 1. The maximum absolute atomic E-state index is 13.2. The minimum Gasteiger partial charge on any atom is -0.396 e. The summed E-state index contributed by atoms with van der Waals surface area (Å²) in [5.41, 5.74) is 1.15. The number of benzene rings is 1. The Kier molecular flexibility index (Phi) is 7.01. The van der Waals surface area contributed by atoms with Crippen LogP contribution in [0.4, 0.5) is 4.39 Å². The summed E-state index contributed by atoms with van der Waals surface area (Å²) in [5, 5.41) is 20.9. The average molecular weight is 450 g/mol. The maximum Gasteiger partial charge on any atom is 0.271 e. The third-order valence-electron chi connectivity index (χ3n) is 4.49. The number of fused-ring (bicyclic) bond motifs is 1. The van der Waals surface area contributed by atoms with Gasteiger partial charge in [0.05, 0.1) is 11.7 Å². The lowest BCUT2D eigenvalue weighted by atomic mass is 10.2. The molecule has 0 saturated carbocycles. The third kappa shape index (κ3) is 5.44. The summed E-state index contributed by atoms with van der Waals surface area (Å²) in [4.78, 5) is 16.3. The number of rotatable bonds is 9. The van der Waals surface area contributed by atoms with Gasteiger partial charge in [-0.1, -0.05) is 12.1 Å². The number of hydrogen-bond acceptors (Lipinski definition) is 6. The highest BCUT2D eigenvalue weighted by Crippen LogP contribution is 2.27. The molecule has 1 unspecified atom stereocenters. The molecule has 1 atom stereocenters. The van der Waals surface area contributed by atoms with Crippen molar-refractivity contribution in [1.82, 2.24) is 19.6 Å². The Morgan fingerprint density at radius 1 is 1.29 bits per heavy atom. The molecule has 11 heteroatoms. The molecule has 1 aromatic carbocycles. The maximum atomic E-state index is 13.2. The zero-order chi connectivity index (χ0) is 22.6. The molecule has 4 N–H and O–H groups in total. The van der Waals surface area contributed by atoms with E-state index in [0.717, 1.165) is 5.56 Å². The molecule has 0 fully saturated rings. The highest BCUT2D eigenvalue weighted by atomic mass is 32.2. The van der Waals surface area contributed by atoms with Crippen LogP contribution in [0, 0.1) is 5.82 Å². The van der Waals surface area contributed by atoms with Gasteiger partial charge in [0.2, 0.25) is 10.0 Å². The van der Waals surface area contributed by atoms with E-state index in [-0.39, 0.29) is 47.9 Å². The van der Waals surface area contributed by atoms with E-state index in [1.165, 1.54) is 37.5 Å². The van der Waals surface area contributed by atoms with E-state index in [9.17, 15) is 22.7 Å². The van der Waals surface area contributed by atoms with Gasteiger partial charge in [-0.05, 0) is 37.1 Å². The molecule has 2 heterocycles. The number of nitrogens with zero attached hydrogens (tertiary/aromatic N) is 2. The highest BCUT2D eigenvalue weighted by molar-refractivity contribution is 7.89. The molecule has 3 rings (SSSR count). The molecule has 9 nitrogen and oxygen atoms in total. The zero-order valence-corrected chi connectivity index (χ0v) is 17.6. The number of carbonyl (C=O) groups excluding carboxylic acids is 1. The number of hydrogen-bond donors (Lipinski definition) is 4. The second kappa shape index (κ2) is 9.52. The van der Waals surface area contributed by atoms with E-state index in [2.05, 4.69) is 15.0 Å². The number of aliphatic hydroxyl groups is 2. The lowest BCUT2D eigenvalue weighted by Gasteiger charge is -2.08. The van der Waals surface area contributed by atoms with Crippen LogP contribution in [0.25, 0.3) is 10.9 Å². The molecular formula is C20H23FN4O5S. The molecule has 0 aliphatic carbocycles. The summed E-state index contributed by atoms with van der Waals surface area (Å²) in [6.45, 7) is 1.51. The van der Waals surface area contributed by atoms with Gasteiger partial charge in [-0.15, -0.1) is 0 Å². The van der Waals surface area contributed by atoms with Crippen molar-refractivity contribution in [2.24, 2.45) is 0 Å². The largest absolute Gasteiger partial charge is 0.396 e. The number of pyridine rings is 1. The normalized spacial score (nSPS) is 12.8. The van der Waals surface area contributed by atoms with Gasteiger partial charge in [0.1, 0.15) is 22.6 Å². The van der Waals surface area contributed by atoms with Gasteiger partial charge in [0, 0.05) is 31.3 Å².